The summed E-state index contributed by atoms with van der Waals surface area (Å²) in [6.45, 7) is 0. The summed E-state index contributed by atoms with van der Waals surface area (Å²) in [5.74, 6) is 0.653. The van der Waals surface area contributed by atoms with Gasteiger partial charge in [-0.05, 0) is 0 Å². The highest BCUT2D eigenvalue weighted by molar-refractivity contribution is 7.95. The average Bonchev–Trinajstić information content (AvgIpc) is 2.12. The fourth-order valence-electron chi connectivity index (χ4n) is 0.492. The van der Waals surface area contributed by atoms with Gasteiger partial charge in [0.1, 0.15) is 12.0 Å². The molecule has 1 aliphatic heterocycles. The van der Waals surface area contributed by atoms with Crippen molar-refractivity contribution in [2.24, 2.45) is 0 Å². The van der Waals surface area contributed by atoms with Gasteiger partial charge in [0.2, 0.25) is 11.0 Å². The first kappa shape index (κ1) is 4.14. The van der Waals surface area contributed by atoms with Crippen molar-refractivity contribution in [3.8, 4) is 5.88 Å². The van der Waals surface area contributed by atoms with Crippen molar-refractivity contribution in [1.82, 2.24) is 9.97 Å². The third-order valence-corrected chi connectivity index (χ3v) is 1.41. The molecule has 0 aromatic carbocycles. The first-order valence-electron chi connectivity index (χ1n) is 2.13. The van der Waals surface area contributed by atoms with Crippen molar-refractivity contribution in [1.29, 1.82) is 0 Å². The first-order chi connectivity index (χ1) is 3.95. The Hall–Kier alpha value is -0.770. The lowest BCUT2D eigenvalue weighted by Gasteiger charge is -1.80. The van der Waals surface area contributed by atoms with Crippen molar-refractivity contribution in [3.63, 3.8) is 0 Å². The van der Waals surface area contributed by atoms with Crippen LogP contribution >= 0.6 is 12.0 Å². The summed E-state index contributed by atoms with van der Waals surface area (Å²) in [6.07, 6.45) is 1.68. The lowest BCUT2D eigenvalue weighted by Crippen LogP contribution is -1.73. The summed E-state index contributed by atoms with van der Waals surface area (Å²) in [5, 5.41) is 0.697. The van der Waals surface area contributed by atoms with Crippen LogP contribution in [0.5, 0.6) is 5.88 Å². The van der Waals surface area contributed by atoms with Crippen molar-refractivity contribution >= 4 is 12.0 Å². The van der Waals surface area contributed by atoms with Gasteiger partial charge < -0.3 is 4.18 Å². The van der Waals surface area contributed by atoms with E-state index in [0.717, 1.165) is 0 Å². The molecule has 0 aliphatic carbocycles. The van der Waals surface area contributed by atoms with Crippen LogP contribution in [0.15, 0.2) is 17.4 Å². The van der Waals surface area contributed by atoms with Gasteiger partial charge in [-0.3, -0.25) is 0 Å². The minimum absolute atomic E-state index is 0.653. The molecule has 1 aromatic rings. The normalized spacial score (nSPS) is 13.5. The standard InChI is InChI=1S/C4H2N2OS/c1-2-5-4-6-3(1)7-8-4/h1-2H. The summed E-state index contributed by atoms with van der Waals surface area (Å²) < 4.78 is 4.93. The van der Waals surface area contributed by atoms with Gasteiger partial charge in [0.05, 0.1) is 0 Å². The molecule has 8 heavy (non-hydrogen) atoms. The maximum atomic E-state index is 4.93. The van der Waals surface area contributed by atoms with Crippen molar-refractivity contribution in [2.75, 3.05) is 0 Å². The average molecular weight is 126 g/mol. The molecule has 0 saturated heterocycles. The van der Waals surface area contributed by atoms with E-state index in [4.69, 9.17) is 4.18 Å². The number of nitrogens with zero attached hydrogens (tertiary/aromatic N) is 2. The van der Waals surface area contributed by atoms with Crippen molar-refractivity contribution in [2.45, 2.75) is 5.16 Å². The maximum Gasteiger partial charge on any atom is 0.232 e. The van der Waals surface area contributed by atoms with Gasteiger partial charge in [0.15, 0.2) is 0 Å². The van der Waals surface area contributed by atoms with E-state index in [9.17, 15) is 0 Å². The zero-order chi connectivity index (χ0) is 5.40. The third-order valence-electron chi connectivity index (χ3n) is 0.810. The topological polar surface area (TPSA) is 35.0 Å². The van der Waals surface area contributed by atoms with Gasteiger partial charge in [-0.1, -0.05) is 0 Å². The Morgan fingerprint density at radius 3 is 3.38 bits per heavy atom. The fourth-order valence-corrected chi connectivity index (χ4v) is 0.976. The summed E-state index contributed by atoms with van der Waals surface area (Å²) in [7, 11) is 0. The zero-order valence-electron chi connectivity index (χ0n) is 3.87. The van der Waals surface area contributed by atoms with Crippen LogP contribution in [0.25, 0.3) is 0 Å². The second kappa shape index (κ2) is 1.35. The van der Waals surface area contributed by atoms with E-state index in [-0.39, 0.29) is 0 Å². The van der Waals surface area contributed by atoms with Gasteiger partial charge in [-0.15, -0.1) is 0 Å². The van der Waals surface area contributed by atoms with Crippen LogP contribution in [0.1, 0.15) is 0 Å². The first-order valence-corrected chi connectivity index (χ1v) is 2.87. The Kier molecular flexibility index (Phi) is 0.700. The molecular weight excluding hydrogens is 124 g/mol. The summed E-state index contributed by atoms with van der Waals surface area (Å²) in [4.78, 5) is 7.79. The van der Waals surface area contributed by atoms with Gasteiger partial charge in [-0.2, -0.15) is 4.98 Å². The number of hydrogen-bond donors (Lipinski definition) is 0. The summed E-state index contributed by atoms with van der Waals surface area (Å²) in [5.41, 5.74) is 0. The van der Waals surface area contributed by atoms with Crippen molar-refractivity contribution in [3.05, 3.63) is 12.3 Å². The zero-order valence-corrected chi connectivity index (χ0v) is 4.68. The van der Waals surface area contributed by atoms with Gasteiger partial charge in [0, 0.05) is 12.3 Å². The molecule has 0 N–H and O–H groups in total. The molecule has 0 radical (unpaired) electrons. The molecule has 1 aliphatic rings. The Labute approximate surface area is 50.3 Å². The number of aromatic nitrogens is 2. The summed E-state index contributed by atoms with van der Waals surface area (Å²) >= 11 is 1.20. The van der Waals surface area contributed by atoms with Crippen LogP contribution in [0.4, 0.5) is 0 Å². The lowest BCUT2D eigenvalue weighted by molar-refractivity contribution is 0.638. The highest BCUT2D eigenvalue weighted by Gasteiger charge is 2.09. The second-order valence-corrected chi connectivity index (χ2v) is 2.04. The molecule has 3 nitrogen and oxygen atoms in total. The molecule has 0 atom stereocenters. The van der Waals surface area contributed by atoms with E-state index in [2.05, 4.69) is 9.97 Å². The van der Waals surface area contributed by atoms with Crippen LogP contribution in [-0.2, 0) is 0 Å². The highest BCUT2D eigenvalue weighted by Crippen LogP contribution is 2.25. The number of hydrogen-bond acceptors (Lipinski definition) is 4. The van der Waals surface area contributed by atoms with Gasteiger partial charge >= 0.3 is 0 Å². The molecular formula is C4H2N2OS. The third kappa shape index (κ3) is 0.462. The number of rotatable bonds is 0. The van der Waals surface area contributed by atoms with Crippen molar-refractivity contribution < 1.29 is 4.18 Å². The SMILES string of the molecule is c1cc2nc(n1)SO2. The lowest BCUT2D eigenvalue weighted by atomic mass is 10.6. The van der Waals surface area contributed by atoms with E-state index in [1.54, 1.807) is 12.3 Å². The largest absolute Gasteiger partial charge is 0.397 e. The van der Waals surface area contributed by atoms with E-state index in [0.29, 0.717) is 11.0 Å². The second-order valence-electron chi connectivity index (χ2n) is 1.34. The molecule has 2 bridgehead atoms. The molecule has 4 heteroatoms. The molecule has 0 saturated carbocycles. The van der Waals surface area contributed by atoms with E-state index in [1.807, 2.05) is 0 Å². The van der Waals surface area contributed by atoms with Gasteiger partial charge in [-0.25, -0.2) is 4.98 Å². The maximum absolute atomic E-state index is 4.93. The van der Waals surface area contributed by atoms with Crippen LogP contribution in [0.3, 0.4) is 0 Å². The Morgan fingerprint density at radius 2 is 2.62 bits per heavy atom. The molecule has 0 fully saturated rings. The van der Waals surface area contributed by atoms with Crippen LogP contribution in [-0.4, -0.2) is 9.97 Å². The Morgan fingerprint density at radius 1 is 1.62 bits per heavy atom. The Bertz CT molecular complexity index is 196. The van der Waals surface area contributed by atoms with Crippen LogP contribution < -0.4 is 4.18 Å². The minimum Gasteiger partial charge on any atom is -0.397 e. The highest BCUT2D eigenvalue weighted by atomic mass is 32.2. The van der Waals surface area contributed by atoms with E-state index >= 15 is 0 Å². The molecule has 0 amide bonds. The summed E-state index contributed by atoms with van der Waals surface area (Å²) in [6, 6.07) is 1.73. The monoisotopic (exact) mass is 126 g/mol. The number of fused-ring (bicyclic) bond motifs is 2. The van der Waals surface area contributed by atoms with Crippen LogP contribution in [0, 0.1) is 0 Å². The minimum atomic E-state index is 0.653. The molecule has 0 spiro atoms. The predicted molar refractivity (Wildman–Crippen MR) is 28.5 cm³/mol. The molecule has 2 rings (SSSR count). The molecule has 40 valence electrons. The molecule has 2 heterocycles. The van der Waals surface area contributed by atoms with E-state index < -0.39 is 0 Å². The van der Waals surface area contributed by atoms with E-state index in [1.165, 1.54) is 12.0 Å². The molecule has 0 unspecified atom stereocenters. The van der Waals surface area contributed by atoms with Crippen LogP contribution in [0.2, 0.25) is 0 Å². The predicted octanol–water partition coefficient (Wildman–Crippen LogP) is 0.876. The van der Waals surface area contributed by atoms with Gasteiger partial charge in [0.25, 0.3) is 0 Å². The Balaban J connectivity index is 2.66. The fraction of sp³-hybridized carbons (Fsp3) is 0. The molecule has 1 aromatic heterocycles. The quantitative estimate of drug-likeness (QED) is 0.381. The smallest absolute Gasteiger partial charge is 0.232 e.